The quantitative estimate of drug-likeness (QED) is 0.180. The van der Waals surface area contributed by atoms with Gasteiger partial charge in [-0.05, 0) is 90.7 Å². The van der Waals surface area contributed by atoms with Gasteiger partial charge < -0.3 is 0 Å². The lowest BCUT2D eigenvalue weighted by atomic mass is 9.94. The van der Waals surface area contributed by atoms with Crippen LogP contribution in [0.5, 0.6) is 0 Å². The third-order valence-electron chi connectivity index (χ3n) is 8.75. The van der Waals surface area contributed by atoms with E-state index in [0.717, 1.165) is 35.3 Å². The first-order valence-corrected chi connectivity index (χ1v) is 16.8. The van der Waals surface area contributed by atoms with Crippen LogP contribution in [0.2, 0.25) is 0 Å². The molecule has 10 rings (SSSR count). The molecule has 45 heavy (non-hydrogen) atoms. The highest BCUT2D eigenvalue weighted by Crippen LogP contribution is 2.74. The van der Waals surface area contributed by atoms with Gasteiger partial charge in [-0.25, -0.2) is 9.97 Å². The second kappa shape index (κ2) is 10.3. The van der Waals surface area contributed by atoms with Crippen LogP contribution in [-0.2, 0) is 6.42 Å². The lowest BCUT2D eigenvalue weighted by Gasteiger charge is -2.43. The van der Waals surface area contributed by atoms with Gasteiger partial charge in [-0.3, -0.25) is 9.55 Å². The standard InChI is InChI=1S/C40H28N4S/c1-3-11-30(12-4-1)45(31-13-5-2-6-14-31,33-25-28-23-29(24-28)26-33)32-19-21-41-37(27-32)36-20-22-42-40(43-36)44-38-17-9-7-15-34(38)35-16-8-10-18-39(35)44/h1,3-13,15-23,25-27H,2,24H2. The van der Waals surface area contributed by atoms with Gasteiger partial charge in [0.1, 0.15) is 0 Å². The number of nitrogens with zero attached hydrogens (tertiary/aromatic N) is 4. The lowest BCUT2D eigenvalue weighted by Crippen LogP contribution is -2.11. The number of benzene rings is 4. The van der Waals surface area contributed by atoms with Crippen LogP contribution >= 0.6 is 10.0 Å². The Morgan fingerprint density at radius 2 is 1.31 bits per heavy atom. The van der Waals surface area contributed by atoms with Crippen LogP contribution < -0.4 is 0 Å². The Bertz CT molecular complexity index is 2310. The summed E-state index contributed by atoms with van der Waals surface area (Å²) in [5.74, 6) is 0.631. The number of hydrogen-bond donors (Lipinski definition) is 0. The molecule has 1 unspecified atom stereocenters. The Labute approximate surface area is 263 Å². The number of allylic oxidation sites excluding steroid dienone is 2. The molecular weight excluding hydrogens is 569 g/mol. The van der Waals surface area contributed by atoms with Crippen molar-refractivity contribution in [3.63, 3.8) is 0 Å². The molecule has 7 aromatic rings. The van der Waals surface area contributed by atoms with Crippen molar-refractivity contribution < 1.29 is 0 Å². The average molecular weight is 597 g/mol. The SMILES string of the molecule is C1=CCC=CC=1S(c1ccccc1)(c1cc2cc(c1)C2)c1ccnc(-c2ccnc(-n3c4ccccc4c4ccccc43)n2)c1. The highest BCUT2D eigenvalue weighted by Gasteiger charge is 2.36. The third kappa shape index (κ3) is 4.06. The first-order valence-electron chi connectivity index (χ1n) is 15.2. The predicted molar refractivity (Wildman–Crippen MR) is 183 cm³/mol. The zero-order valence-corrected chi connectivity index (χ0v) is 25.3. The van der Waals surface area contributed by atoms with Crippen molar-refractivity contribution in [3.05, 3.63) is 168 Å². The number of hydrogen-bond acceptors (Lipinski definition) is 3. The molecule has 0 N–H and O–H groups in total. The number of aromatic nitrogens is 4. The molecule has 3 aliphatic rings. The Morgan fingerprint density at radius 3 is 2.02 bits per heavy atom. The molecule has 2 bridgehead atoms. The summed E-state index contributed by atoms with van der Waals surface area (Å²) in [6, 6.07) is 41.3. The fourth-order valence-electron chi connectivity index (χ4n) is 6.75. The minimum absolute atomic E-state index is 0.631. The molecule has 0 radical (unpaired) electrons. The Hall–Kier alpha value is -5.48. The third-order valence-corrected chi connectivity index (χ3v) is 12.5. The summed E-state index contributed by atoms with van der Waals surface area (Å²) < 4.78 is 2.15. The maximum Gasteiger partial charge on any atom is 0.235 e. The van der Waals surface area contributed by atoms with E-state index in [1.165, 1.54) is 41.5 Å². The molecular formula is C40H28N4S. The molecule has 4 nitrogen and oxygen atoms in total. The number of pyridine rings is 1. The molecule has 3 heterocycles. The second-order valence-electron chi connectivity index (χ2n) is 11.4. The second-order valence-corrected chi connectivity index (χ2v) is 14.5. The first kappa shape index (κ1) is 26.0. The van der Waals surface area contributed by atoms with Gasteiger partial charge in [0.15, 0.2) is 0 Å². The van der Waals surface area contributed by atoms with E-state index in [2.05, 4.69) is 138 Å². The topological polar surface area (TPSA) is 43.6 Å². The van der Waals surface area contributed by atoms with Crippen LogP contribution in [0, 0.1) is 0 Å². The minimum atomic E-state index is -1.86. The van der Waals surface area contributed by atoms with Gasteiger partial charge in [-0.1, -0.05) is 66.7 Å². The van der Waals surface area contributed by atoms with Crippen molar-refractivity contribution in [1.82, 2.24) is 19.5 Å². The van der Waals surface area contributed by atoms with E-state index >= 15 is 0 Å². The molecule has 3 aromatic heterocycles. The van der Waals surface area contributed by atoms with E-state index in [1.54, 1.807) is 0 Å². The van der Waals surface area contributed by atoms with Gasteiger partial charge >= 0.3 is 0 Å². The summed E-state index contributed by atoms with van der Waals surface area (Å²) in [6.45, 7) is 0. The van der Waals surface area contributed by atoms with Gasteiger partial charge in [-0.2, -0.15) is 0 Å². The summed E-state index contributed by atoms with van der Waals surface area (Å²) in [4.78, 5) is 19.8. The number of fused-ring (bicyclic) bond motifs is 5. The zero-order chi connectivity index (χ0) is 29.8. The van der Waals surface area contributed by atoms with Crippen LogP contribution in [0.15, 0.2) is 171 Å². The molecule has 5 heteroatoms. The monoisotopic (exact) mass is 596 g/mol. The Morgan fingerprint density at radius 1 is 0.622 bits per heavy atom. The molecule has 4 aromatic carbocycles. The van der Waals surface area contributed by atoms with E-state index in [9.17, 15) is 0 Å². The van der Waals surface area contributed by atoms with Gasteiger partial charge in [-0.15, -0.1) is 15.8 Å². The Kier molecular flexibility index (Phi) is 5.95. The normalized spacial score (nSPS) is 15.4. The van der Waals surface area contributed by atoms with Crippen molar-refractivity contribution in [2.45, 2.75) is 27.5 Å². The van der Waals surface area contributed by atoms with Crippen LogP contribution in [0.3, 0.4) is 0 Å². The van der Waals surface area contributed by atoms with E-state index in [-0.39, 0.29) is 0 Å². The van der Waals surface area contributed by atoms with Crippen molar-refractivity contribution >= 4 is 31.8 Å². The lowest BCUT2D eigenvalue weighted by molar-refractivity contribution is 0.987. The largest absolute Gasteiger partial charge is 0.278 e. The van der Waals surface area contributed by atoms with Crippen molar-refractivity contribution in [1.29, 1.82) is 0 Å². The average Bonchev–Trinajstić information content (AvgIpc) is 3.44. The molecule has 0 amide bonds. The molecule has 0 saturated carbocycles. The first-order chi connectivity index (χ1) is 22.3. The fourth-order valence-corrected chi connectivity index (χ4v) is 10.7. The summed E-state index contributed by atoms with van der Waals surface area (Å²) in [5.41, 5.74) is 10.3. The molecule has 3 aliphatic carbocycles. The molecule has 0 spiro atoms. The maximum absolute atomic E-state index is 5.15. The van der Waals surface area contributed by atoms with Gasteiger partial charge in [0.25, 0.3) is 0 Å². The number of rotatable bonds is 6. The number of para-hydroxylation sites is 2. The highest BCUT2D eigenvalue weighted by atomic mass is 32.3. The molecule has 214 valence electrons. The summed E-state index contributed by atoms with van der Waals surface area (Å²) in [7, 11) is -1.86. The van der Waals surface area contributed by atoms with E-state index in [4.69, 9.17) is 15.0 Å². The van der Waals surface area contributed by atoms with Crippen molar-refractivity contribution in [3.8, 4) is 17.3 Å². The summed E-state index contributed by atoms with van der Waals surface area (Å²) >= 11 is 0. The summed E-state index contributed by atoms with van der Waals surface area (Å²) in [5, 5.41) is 2.37. The van der Waals surface area contributed by atoms with Crippen molar-refractivity contribution in [2.75, 3.05) is 0 Å². The maximum atomic E-state index is 5.15. The van der Waals surface area contributed by atoms with Gasteiger partial charge in [0.2, 0.25) is 5.95 Å². The highest BCUT2D eigenvalue weighted by molar-refractivity contribution is 8.37. The summed E-state index contributed by atoms with van der Waals surface area (Å²) in [6.07, 6.45) is 12.4. The Balaban J connectivity index is 1.26. The van der Waals surface area contributed by atoms with Crippen LogP contribution in [0.1, 0.15) is 17.5 Å². The predicted octanol–water partition coefficient (Wildman–Crippen LogP) is 9.82. The van der Waals surface area contributed by atoms with E-state index < -0.39 is 10.0 Å². The van der Waals surface area contributed by atoms with Crippen LogP contribution in [0.4, 0.5) is 0 Å². The molecule has 1 atom stereocenters. The molecule has 0 saturated heterocycles. The minimum Gasteiger partial charge on any atom is -0.278 e. The molecule has 0 fully saturated rings. The van der Waals surface area contributed by atoms with Crippen LogP contribution in [0.25, 0.3) is 39.1 Å². The van der Waals surface area contributed by atoms with Gasteiger partial charge in [0, 0.05) is 42.8 Å². The fraction of sp³-hybridized carbons (Fsp3) is 0.0500. The van der Waals surface area contributed by atoms with Gasteiger partial charge in [0.05, 0.1) is 22.4 Å². The van der Waals surface area contributed by atoms with E-state index in [1.807, 2.05) is 18.5 Å². The molecule has 0 aliphatic heterocycles. The zero-order valence-electron chi connectivity index (χ0n) is 24.5. The smallest absolute Gasteiger partial charge is 0.235 e. The van der Waals surface area contributed by atoms with E-state index in [0.29, 0.717) is 5.95 Å². The van der Waals surface area contributed by atoms with Crippen LogP contribution in [-0.4, -0.2) is 19.5 Å². The van der Waals surface area contributed by atoms with Crippen molar-refractivity contribution in [2.24, 2.45) is 0 Å².